The SMILES string of the molecule is COCOC1(OCOC)C(=O)C(Cc2ccc(Cl)cc2)(C(=O)OC)CC1C. The normalized spacial score (nSPS) is 24.2. The zero-order valence-corrected chi connectivity index (χ0v) is 16.7. The first-order valence-corrected chi connectivity index (χ1v) is 8.87. The molecule has 0 aliphatic heterocycles. The molecule has 2 rings (SSSR count). The highest BCUT2D eigenvalue weighted by molar-refractivity contribution is 6.30. The van der Waals surface area contributed by atoms with Crippen molar-refractivity contribution in [2.45, 2.75) is 25.6 Å². The van der Waals surface area contributed by atoms with Gasteiger partial charge in [-0.15, -0.1) is 0 Å². The average molecular weight is 401 g/mol. The van der Waals surface area contributed by atoms with Crippen molar-refractivity contribution < 1.29 is 33.3 Å². The summed E-state index contributed by atoms with van der Waals surface area (Å²) in [6, 6.07) is 6.97. The van der Waals surface area contributed by atoms with E-state index in [9.17, 15) is 9.59 Å². The van der Waals surface area contributed by atoms with E-state index in [0.29, 0.717) is 5.02 Å². The lowest BCUT2D eigenvalue weighted by molar-refractivity contribution is -0.289. The van der Waals surface area contributed by atoms with Crippen molar-refractivity contribution in [2.24, 2.45) is 11.3 Å². The van der Waals surface area contributed by atoms with E-state index in [4.69, 9.17) is 35.3 Å². The number of ketones is 1. The van der Waals surface area contributed by atoms with E-state index in [-0.39, 0.29) is 26.4 Å². The van der Waals surface area contributed by atoms with Crippen LogP contribution in [-0.4, -0.2) is 52.5 Å². The first-order chi connectivity index (χ1) is 12.9. The van der Waals surface area contributed by atoms with Gasteiger partial charge in [0, 0.05) is 25.2 Å². The van der Waals surface area contributed by atoms with Crippen LogP contribution in [0.1, 0.15) is 18.9 Å². The predicted molar refractivity (Wildman–Crippen MR) is 97.0 cm³/mol. The van der Waals surface area contributed by atoms with Gasteiger partial charge in [0.2, 0.25) is 11.6 Å². The highest BCUT2D eigenvalue weighted by Crippen LogP contribution is 2.50. The van der Waals surface area contributed by atoms with E-state index < -0.39 is 28.9 Å². The summed E-state index contributed by atoms with van der Waals surface area (Å²) < 4.78 is 26.3. The van der Waals surface area contributed by atoms with Crippen LogP contribution in [0.15, 0.2) is 24.3 Å². The van der Waals surface area contributed by atoms with Gasteiger partial charge in [-0.25, -0.2) is 0 Å². The van der Waals surface area contributed by atoms with Crippen molar-refractivity contribution in [2.75, 3.05) is 34.9 Å². The van der Waals surface area contributed by atoms with Crippen molar-refractivity contribution in [3.63, 3.8) is 0 Å². The van der Waals surface area contributed by atoms with Gasteiger partial charge in [0.1, 0.15) is 19.0 Å². The van der Waals surface area contributed by atoms with Crippen LogP contribution >= 0.6 is 11.6 Å². The molecule has 1 aromatic rings. The number of methoxy groups -OCH3 is 3. The maximum atomic E-state index is 13.6. The molecule has 1 saturated carbocycles. The van der Waals surface area contributed by atoms with Crippen LogP contribution in [0, 0.1) is 11.3 Å². The molecular weight excluding hydrogens is 376 g/mol. The van der Waals surface area contributed by atoms with Crippen molar-refractivity contribution in [3.05, 3.63) is 34.9 Å². The molecule has 2 atom stereocenters. The average Bonchev–Trinajstić information content (AvgIpc) is 2.88. The number of hydrogen-bond acceptors (Lipinski definition) is 7. The summed E-state index contributed by atoms with van der Waals surface area (Å²) in [5, 5.41) is 0.568. The zero-order chi connectivity index (χ0) is 20.1. The number of rotatable bonds is 9. The molecule has 0 amide bonds. The first-order valence-electron chi connectivity index (χ1n) is 8.50. The Morgan fingerprint density at radius 3 is 2.15 bits per heavy atom. The molecule has 1 aliphatic rings. The molecular formula is C19H25ClO7. The highest BCUT2D eigenvalue weighted by Gasteiger charge is 2.67. The van der Waals surface area contributed by atoms with Gasteiger partial charge in [-0.1, -0.05) is 30.7 Å². The molecule has 1 aliphatic carbocycles. The second kappa shape index (κ2) is 9.12. The molecule has 0 N–H and O–H groups in total. The summed E-state index contributed by atoms with van der Waals surface area (Å²) in [5.41, 5.74) is -0.664. The number of benzene rings is 1. The fraction of sp³-hybridized carbons (Fsp3) is 0.579. The van der Waals surface area contributed by atoms with Crippen molar-refractivity contribution in [1.29, 1.82) is 0 Å². The van der Waals surface area contributed by atoms with E-state index in [1.54, 1.807) is 31.2 Å². The largest absolute Gasteiger partial charge is 0.468 e. The minimum absolute atomic E-state index is 0.147. The topological polar surface area (TPSA) is 80.3 Å². The summed E-state index contributed by atoms with van der Waals surface area (Å²) in [5.74, 6) is -3.22. The lowest BCUT2D eigenvalue weighted by Crippen LogP contribution is -2.51. The fourth-order valence-corrected chi connectivity index (χ4v) is 3.73. The number of ether oxygens (including phenoxy) is 5. The van der Waals surface area contributed by atoms with Gasteiger partial charge in [-0.2, -0.15) is 0 Å². The quantitative estimate of drug-likeness (QED) is 0.358. The number of carbonyl (C=O) groups excluding carboxylic acids is 2. The van der Waals surface area contributed by atoms with Crippen LogP contribution in [0.2, 0.25) is 5.02 Å². The van der Waals surface area contributed by atoms with Gasteiger partial charge in [0.25, 0.3) is 0 Å². The number of Topliss-reactive ketones (excluding diaryl/α,β-unsaturated/α-hetero) is 1. The van der Waals surface area contributed by atoms with E-state index in [2.05, 4.69) is 0 Å². The molecule has 8 heteroatoms. The fourth-order valence-electron chi connectivity index (χ4n) is 3.60. The van der Waals surface area contributed by atoms with Gasteiger partial charge in [0.15, 0.2) is 0 Å². The van der Waals surface area contributed by atoms with Crippen LogP contribution in [0.5, 0.6) is 0 Å². The maximum Gasteiger partial charge on any atom is 0.319 e. The predicted octanol–water partition coefficient (Wildman–Crippen LogP) is 2.59. The van der Waals surface area contributed by atoms with Gasteiger partial charge in [0.05, 0.1) is 7.11 Å². The number of hydrogen-bond donors (Lipinski definition) is 0. The van der Waals surface area contributed by atoms with E-state index >= 15 is 0 Å². The van der Waals surface area contributed by atoms with E-state index in [0.717, 1.165) is 5.56 Å². The second-order valence-corrected chi connectivity index (χ2v) is 7.02. The van der Waals surface area contributed by atoms with Crippen molar-refractivity contribution in [1.82, 2.24) is 0 Å². The molecule has 27 heavy (non-hydrogen) atoms. The summed E-state index contributed by atoms with van der Waals surface area (Å²) in [6.45, 7) is 1.45. The molecule has 0 spiro atoms. The number of esters is 1. The molecule has 0 heterocycles. The minimum atomic E-state index is -1.66. The highest BCUT2D eigenvalue weighted by atomic mass is 35.5. The van der Waals surface area contributed by atoms with Gasteiger partial charge in [-0.05, 0) is 30.5 Å². The Bertz CT molecular complexity index is 653. The zero-order valence-electron chi connectivity index (χ0n) is 16.0. The summed E-state index contributed by atoms with van der Waals surface area (Å²) in [4.78, 5) is 26.3. The molecule has 1 fully saturated rings. The van der Waals surface area contributed by atoms with Gasteiger partial charge >= 0.3 is 5.97 Å². The third-order valence-electron chi connectivity index (χ3n) is 4.83. The van der Waals surface area contributed by atoms with Crippen molar-refractivity contribution in [3.8, 4) is 0 Å². The Labute approximate surface area is 163 Å². The van der Waals surface area contributed by atoms with Crippen molar-refractivity contribution >= 4 is 23.4 Å². The number of carbonyl (C=O) groups is 2. The van der Waals surface area contributed by atoms with Gasteiger partial charge < -0.3 is 23.7 Å². The van der Waals surface area contributed by atoms with Gasteiger partial charge in [-0.3, -0.25) is 9.59 Å². The molecule has 150 valence electrons. The van der Waals surface area contributed by atoms with E-state index in [1.807, 2.05) is 0 Å². The third-order valence-corrected chi connectivity index (χ3v) is 5.08. The standard InChI is InChI=1S/C19H25ClO7/c1-13-9-18(17(22)25-4,10-14-5-7-15(20)8-6-14)16(21)19(13,26-11-23-2)27-12-24-3/h5-8,13H,9-12H2,1-4H3. The second-order valence-electron chi connectivity index (χ2n) is 6.58. The van der Waals surface area contributed by atoms with Crippen LogP contribution in [0.25, 0.3) is 0 Å². The van der Waals surface area contributed by atoms with Crippen LogP contribution in [0.3, 0.4) is 0 Å². The third kappa shape index (κ3) is 4.17. The summed E-state index contributed by atoms with van der Waals surface area (Å²) in [7, 11) is 4.14. The van der Waals surface area contributed by atoms with Crippen LogP contribution in [0.4, 0.5) is 0 Å². The minimum Gasteiger partial charge on any atom is -0.468 e. The maximum absolute atomic E-state index is 13.6. The molecule has 2 unspecified atom stereocenters. The van der Waals surface area contributed by atoms with Crippen LogP contribution in [-0.2, 0) is 39.7 Å². The summed E-state index contributed by atoms with van der Waals surface area (Å²) in [6.07, 6.45) is 0.350. The Hall–Kier alpha value is -1.51. The summed E-state index contributed by atoms with van der Waals surface area (Å²) >= 11 is 5.94. The Kier molecular flexibility index (Phi) is 7.36. The molecule has 0 saturated heterocycles. The van der Waals surface area contributed by atoms with Crippen LogP contribution < -0.4 is 0 Å². The molecule has 0 radical (unpaired) electrons. The molecule has 7 nitrogen and oxygen atoms in total. The monoisotopic (exact) mass is 400 g/mol. The molecule has 1 aromatic carbocycles. The van der Waals surface area contributed by atoms with E-state index in [1.165, 1.54) is 21.3 Å². The molecule has 0 aromatic heterocycles. The Balaban J connectivity index is 2.45. The lowest BCUT2D eigenvalue weighted by Gasteiger charge is -2.32. The smallest absolute Gasteiger partial charge is 0.319 e. The molecule has 0 bridgehead atoms. The first kappa shape index (κ1) is 21.8. The number of halogens is 1. The Morgan fingerprint density at radius 1 is 1.11 bits per heavy atom. The lowest BCUT2D eigenvalue weighted by atomic mass is 9.78. The Morgan fingerprint density at radius 2 is 1.67 bits per heavy atom.